The summed E-state index contributed by atoms with van der Waals surface area (Å²) in [5.41, 5.74) is -1.29. The summed E-state index contributed by atoms with van der Waals surface area (Å²) in [6.45, 7) is 3.48. The number of carbonyl (C=O) groups is 1. The van der Waals surface area contributed by atoms with E-state index in [-0.39, 0.29) is 12.3 Å². The van der Waals surface area contributed by atoms with Crippen LogP contribution >= 0.6 is 0 Å². The number of nitriles is 1. The summed E-state index contributed by atoms with van der Waals surface area (Å²) in [7, 11) is 1.45. The predicted octanol–water partition coefficient (Wildman–Crippen LogP) is 0.904. The normalized spacial score (nSPS) is 21.6. The summed E-state index contributed by atoms with van der Waals surface area (Å²) in [6, 6.07) is 8.48. The van der Waals surface area contributed by atoms with Gasteiger partial charge in [0.25, 0.3) is 5.91 Å². The molecule has 1 aliphatic rings. The summed E-state index contributed by atoms with van der Waals surface area (Å²) in [5, 5.41) is 19.4. The zero-order valence-electron chi connectivity index (χ0n) is 9.88. The van der Waals surface area contributed by atoms with Gasteiger partial charge < -0.3 is 9.84 Å². The van der Waals surface area contributed by atoms with Crippen molar-refractivity contribution >= 4 is 11.6 Å². The minimum Gasteiger partial charge on any atom is -0.371 e. The van der Waals surface area contributed by atoms with Crippen molar-refractivity contribution in [2.24, 2.45) is 0 Å². The maximum atomic E-state index is 12.3. The number of anilines is 1. The molecule has 0 bridgehead atoms. The molecule has 1 atom stereocenters. The van der Waals surface area contributed by atoms with Crippen molar-refractivity contribution in [2.75, 3.05) is 18.7 Å². The summed E-state index contributed by atoms with van der Waals surface area (Å²) >= 11 is 0. The van der Waals surface area contributed by atoms with Gasteiger partial charge in [-0.1, -0.05) is 24.8 Å². The number of amides is 1. The Kier molecular flexibility index (Phi) is 2.91. The molecule has 1 N–H and O–H groups in total. The van der Waals surface area contributed by atoms with Gasteiger partial charge in [-0.25, -0.2) is 0 Å². The van der Waals surface area contributed by atoms with Crippen LogP contribution in [0, 0.1) is 11.3 Å². The fourth-order valence-electron chi connectivity index (χ4n) is 2.06. The zero-order valence-corrected chi connectivity index (χ0v) is 9.88. The average molecular weight is 244 g/mol. The zero-order chi connectivity index (χ0) is 13.3. The maximum Gasteiger partial charge on any atom is 0.271 e. The number of fused-ring (bicyclic) bond motifs is 1. The molecule has 0 aliphatic carbocycles. The first-order valence-corrected chi connectivity index (χ1v) is 5.29. The molecule has 1 unspecified atom stereocenters. The van der Waals surface area contributed by atoms with Crippen LogP contribution in [0.1, 0.15) is 5.56 Å². The van der Waals surface area contributed by atoms with Gasteiger partial charge in [0.15, 0.2) is 0 Å². The highest BCUT2D eigenvalue weighted by Gasteiger charge is 2.51. The van der Waals surface area contributed by atoms with E-state index in [1.54, 1.807) is 30.3 Å². The van der Waals surface area contributed by atoms with E-state index < -0.39 is 11.5 Å². The van der Waals surface area contributed by atoms with Crippen LogP contribution < -0.4 is 4.90 Å². The molecule has 18 heavy (non-hydrogen) atoms. The lowest BCUT2D eigenvalue weighted by atomic mass is 9.89. The third-order valence-corrected chi connectivity index (χ3v) is 2.97. The number of ether oxygens (including phenoxy) is 1. The molecular formula is C13H12N2O3. The van der Waals surface area contributed by atoms with E-state index in [0.717, 1.165) is 0 Å². The highest BCUT2D eigenvalue weighted by molar-refractivity contribution is 6.09. The molecule has 0 saturated carbocycles. The number of nitrogens with zero attached hydrogens (tertiary/aromatic N) is 2. The Morgan fingerprint density at radius 2 is 2.28 bits per heavy atom. The van der Waals surface area contributed by atoms with Crippen molar-refractivity contribution in [1.82, 2.24) is 0 Å². The summed E-state index contributed by atoms with van der Waals surface area (Å²) in [6.07, 6.45) is 0. The number of rotatable bonds is 3. The lowest BCUT2D eigenvalue weighted by molar-refractivity contribution is -0.133. The molecular weight excluding hydrogens is 232 g/mol. The van der Waals surface area contributed by atoms with Crippen LogP contribution in [-0.4, -0.2) is 24.9 Å². The fraction of sp³-hybridized carbons (Fsp3) is 0.231. The SMILES string of the molecule is C=C(C#N)C1(O)C(=O)N(COC)c2ccccc21. The molecule has 0 radical (unpaired) electrons. The van der Waals surface area contributed by atoms with Crippen LogP contribution in [0.25, 0.3) is 0 Å². The van der Waals surface area contributed by atoms with Gasteiger partial charge in [-0.2, -0.15) is 5.26 Å². The number of hydrogen-bond donors (Lipinski definition) is 1. The maximum absolute atomic E-state index is 12.3. The number of carbonyl (C=O) groups excluding carboxylic acids is 1. The molecule has 1 aromatic rings. The molecule has 92 valence electrons. The average Bonchev–Trinajstić information content (AvgIpc) is 2.62. The smallest absolute Gasteiger partial charge is 0.271 e. The van der Waals surface area contributed by atoms with E-state index in [1.807, 2.05) is 0 Å². The van der Waals surface area contributed by atoms with Gasteiger partial charge >= 0.3 is 0 Å². The van der Waals surface area contributed by atoms with Crippen LogP contribution in [0.5, 0.6) is 0 Å². The second-order valence-electron chi connectivity index (χ2n) is 3.97. The number of methoxy groups -OCH3 is 1. The van der Waals surface area contributed by atoms with E-state index in [9.17, 15) is 9.90 Å². The van der Waals surface area contributed by atoms with Gasteiger partial charge in [0.1, 0.15) is 6.73 Å². The van der Waals surface area contributed by atoms with E-state index in [4.69, 9.17) is 10.00 Å². The minimum atomic E-state index is -1.98. The second-order valence-corrected chi connectivity index (χ2v) is 3.97. The predicted molar refractivity (Wildman–Crippen MR) is 64.5 cm³/mol. The van der Waals surface area contributed by atoms with Crippen LogP contribution in [0.2, 0.25) is 0 Å². The molecule has 1 heterocycles. The van der Waals surface area contributed by atoms with Crippen molar-refractivity contribution in [3.63, 3.8) is 0 Å². The van der Waals surface area contributed by atoms with Gasteiger partial charge in [-0.05, 0) is 6.07 Å². The van der Waals surface area contributed by atoms with E-state index in [0.29, 0.717) is 11.3 Å². The Balaban J connectivity index is 2.62. The third-order valence-electron chi connectivity index (χ3n) is 2.97. The van der Waals surface area contributed by atoms with Crippen molar-refractivity contribution in [3.8, 4) is 6.07 Å². The van der Waals surface area contributed by atoms with Gasteiger partial charge in [-0.15, -0.1) is 0 Å². The molecule has 0 aromatic heterocycles. The Morgan fingerprint density at radius 3 is 2.89 bits per heavy atom. The Labute approximate surface area is 105 Å². The van der Waals surface area contributed by atoms with E-state index in [1.165, 1.54) is 12.0 Å². The van der Waals surface area contributed by atoms with Crippen LogP contribution in [-0.2, 0) is 15.1 Å². The topological polar surface area (TPSA) is 73.6 Å². The Morgan fingerprint density at radius 1 is 1.61 bits per heavy atom. The molecule has 1 aliphatic heterocycles. The second kappa shape index (κ2) is 4.26. The van der Waals surface area contributed by atoms with Crippen molar-refractivity contribution in [2.45, 2.75) is 5.60 Å². The van der Waals surface area contributed by atoms with Crippen LogP contribution in [0.4, 0.5) is 5.69 Å². The van der Waals surface area contributed by atoms with Crippen LogP contribution in [0.15, 0.2) is 36.4 Å². The molecule has 5 nitrogen and oxygen atoms in total. The molecule has 5 heteroatoms. The molecule has 0 spiro atoms. The van der Waals surface area contributed by atoms with Gasteiger partial charge in [0, 0.05) is 12.7 Å². The first-order chi connectivity index (χ1) is 8.57. The number of benzene rings is 1. The van der Waals surface area contributed by atoms with Crippen molar-refractivity contribution in [1.29, 1.82) is 5.26 Å². The van der Waals surface area contributed by atoms with E-state index in [2.05, 4.69) is 6.58 Å². The summed E-state index contributed by atoms with van der Waals surface area (Å²) < 4.78 is 4.94. The number of aliphatic hydroxyl groups is 1. The third kappa shape index (κ3) is 1.44. The van der Waals surface area contributed by atoms with Crippen molar-refractivity contribution in [3.05, 3.63) is 42.0 Å². The highest BCUT2D eigenvalue weighted by atomic mass is 16.5. The van der Waals surface area contributed by atoms with Gasteiger partial charge in [0.05, 0.1) is 17.3 Å². The number of para-hydroxylation sites is 1. The molecule has 2 rings (SSSR count). The summed E-state index contributed by atoms with van der Waals surface area (Å²) in [5.74, 6) is -0.614. The lowest BCUT2D eigenvalue weighted by Gasteiger charge is -2.21. The van der Waals surface area contributed by atoms with Gasteiger partial charge in [0.2, 0.25) is 5.60 Å². The van der Waals surface area contributed by atoms with Crippen molar-refractivity contribution < 1.29 is 14.6 Å². The lowest BCUT2D eigenvalue weighted by Crippen LogP contribution is -2.42. The van der Waals surface area contributed by atoms with Gasteiger partial charge in [-0.3, -0.25) is 9.69 Å². The largest absolute Gasteiger partial charge is 0.371 e. The Hall–Kier alpha value is -2.16. The first kappa shape index (κ1) is 12.3. The van der Waals surface area contributed by atoms with Crippen LogP contribution in [0.3, 0.4) is 0 Å². The standard InChI is InChI=1S/C13H12N2O3/c1-9(7-14)13(17)10-5-3-4-6-11(10)15(8-18-2)12(13)16/h3-6,17H,1,8H2,2H3. The molecule has 0 fully saturated rings. The highest BCUT2D eigenvalue weighted by Crippen LogP contribution is 2.43. The minimum absolute atomic E-state index is 0.0108. The monoisotopic (exact) mass is 244 g/mol. The van der Waals surface area contributed by atoms with E-state index >= 15 is 0 Å². The molecule has 0 saturated heterocycles. The molecule has 1 amide bonds. The Bertz CT molecular complexity index is 562. The first-order valence-electron chi connectivity index (χ1n) is 5.29. The quantitative estimate of drug-likeness (QED) is 0.802. The fourth-order valence-corrected chi connectivity index (χ4v) is 2.06. The number of hydrogen-bond acceptors (Lipinski definition) is 4. The molecule has 1 aromatic carbocycles. The summed E-state index contributed by atoms with van der Waals surface area (Å²) in [4.78, 5) is 13.5.